The molecule has 232 valence electrons. The van der Waals surface area contributed by atoms with E-state index < -0.39 is 35.6 Å². The van der Waals surface area contributed by atoms with E-state index in [1.807, 2.05) is 12.1 Å². The summed E-state index contributed by atoms with van der Waals surface area (Å²) in [4.78, 5) is 47.9. The standard InChI is InChI=1S/C31H29ClF4N4O4/c1-38(30(43)44-24-9-7-23(33)8-10-24)27-18-40(17-25(27)19-2-5-22(32)6-3-19)28(41)20-12-14-39(15-13-20)29(42)26-11-4-21(16-37-26)31(34,35)36/h2-11,16,20,25,27H,12-15,17-18H2,1H3. The van der Waals surface area contributed by atoms with Crippen LogP contribution in [0.15, 0.2) is 66.9 Å². The number of alkyl halides is 3. The molecule has 0 spiro atoms. The zero-order valence-corrected chi connectivity index (χ0v) is 24.4. The van der Waals surface area contributed by atoms with Crippen LogP contribution < -0.4 is 4.74 Å². The Bertz CT molecular complexity index is 1500. The highest BCUT2D eigenvalue weighted by atomic mass is 35.5. The Morgan fingerprint density at radius 3 is 2.18 bits per heavy atom. The minimum absolute atomic E-state index is 0.0912. The van der Waals surface area contributed by atoms with Crippen LogP contribution in [-0.2, 0) is 11.0 Å². The number of piperidine rings is 1. The first kappa shape index (κ1) is 31.2. The molecule has 0 bridgehead atoms. The first-order valence-electron chi connectivity index (χ1n) is 14.0. The third-order valence-electron chi connectivity index (χ3n) is 8.14. The Balaban J connectivity index is 1.24. The van der Waals surface area contributed by atoms with Gasteiger partial charge in [0.25, 0.3) is 5.91 Å². The molecule has 3 heterocycles. The molecule has 2 unspecified atom stereocenters. The average Bonchev–Trinajstić information content (AvgIpc) is 3.46. The van der Waals surface area contributed by atoms with Gasteiger partial charge in [0.15, 0.2) is 0 Å². The highest BCUT2D eigenvalue weighted by Crippen LogP contribution is 2.34. The highest BCUT2D eigenvalue weighted by molar-refractivity contribution is 6.30. The van der Waals surface area contributed by atoms with E-state index in [1.54, 1.807) is 24.1 Å². The lowest BCUT2D eigenvalue weighted by Crippen LogP contribution is -2.46. The lowest BCUT2D eigenvalue weighted by atomic mass is 9.93. The Morgan fingerprint density at radius 2 is 1.59 bits per heavy atom. The van der Waals surface area contributed by atoms with Crippen molar-refractivity contribution in [3.05, 3.63) is 94.5 Å². The second kappa shape index (κ2) is 12.8. The molecule has 3 aromatic rings. The van der Waals surface area contributed by atoms with Crippen molar-refractivity contribution in [2.24, 2.45) is 5.92 Å². The number of likely N-dealkylation sites (tertiary alicyclic amines) is 2. The summed E-state index contributed by atoms with van der Waals surface area (Å²) >= 11 is 6.10. The SMILES string of the molecule is CN(C(=O)Oc1ccc(F)cc1)C1CN(C(=O)C2CCN(C(=O)c3ccc(C(F)(F)F)cn3)CC2)CC1c1ccc(Cl)cc1. The van der Waals surface area contributed by atoms with E-state index >= 15 is 0 Å². The van der Waals surface area contributed by atoms with Gasteiger partial charge in [0, 0.05) is 56.3 Å². The maximum absolute atomic E-state index is 13.7. The molecule has 0 N–H and O–H groups in total. The van der Waals surface area contributed by atoms with E-state index in [2.05, 4.69) is 4.98 Å². The fourth-order valence-corrected chi connectivity index (χ4v) is 5.77. The first-order chi connectivity index (χ1) is 20.9. The van der Waals surface area contributed by atoms with Gasteiger partial charge in [-0.15, -0.1) is 0 Å². The third kappa shape index (κ3) is 6.96. The van der Waals surface area contributed by atoms with E-state index in [1.165, 1.54) is 34.1 Å². The Hall–Kier alpha value is -4.19. The zero-order valence-electron chi connectivity index (χ0n) is 23.6. The average molecular weight is 633 g/mol. The predicted octanol–water partition coefficient (Wildman–Crippen LogP) is 5.87. The summed E-state index contributed by atoms with van der Waals surface area (Å²) in [7, 11) is 1.59. The normalized spacial score (nSPS) is 19.1. The summed E-state index contributed by atoms with van der Waals surface area (Å²) in [5.41, 5.74) is -0.138. The van der Waals surface area contributed by atoms with Gasteiger partial charge in [-0.2, -0.15) is 13.2 Å². The number of rotatable bonds is 5. The number of likely N-dealkylation sites (N-methyl/N-ethyl adjacent to an activating group) is 1. The van der Waals surface area contributed by atoms with Crippen molar-refractivity contribution < 1.29 is 36.7 Å². The van der Waals surface area contributed by atoms with Crippen LogP contribution in [0.2, 0.25) is 5.02 Å². The molecule has 2 aliphatic heterocycles. The third-order valence-corrected chi connectivity index (χ3v) is 8.40. The van der Waals surface area contributed by atoms with Gasteiger partial charge in [-0.05, 0) is 66.9 Å². The van der Waals surface area contributed by atoms with Gasteiger partial charge in [0.1, 0.15) is 17.3 Å². The second-order valence-electron chi connectivity index (χ2n) is 10.9. The fourth-order valence-electron chi connectivity index (χ4n) is 5.65. The quantitative estimate of drug-likeness (QED) is 0.329. The van der Waals surface area contributed by atoms with Crippen LogP contribution in [0.4, 0.5) is 22.4 Å². The molecule has 2 aromatic carbocycles. The first-order valence-corrected chi connectivity index (χ1v) is 14.4. The minimum Gasteiger partial charge on any atom is -0.410 e. The highest BCUT2D eigenvalue weighted by Gasteiger charge is 2.43. The smallest absolute Gasteiger partial charge is 0.410 e. The molecular weight excluding hydrogens is 604 g/mol. The number of aromatic nitrogens is 1. The molecule has 5 rings (SSSR count). The molecule has 0 aliphatic carbocycles. The molecule has 3 amide bonds. The molecule has 8 nitrogen and oxygen atoms in total. The summed E-state index contributed by atoms with van der Waals surface area (Å²) in [6, 6.07) is 13.7. The van der Waals surface area contributed by atoms with Gasteiger partial charge < -0.3 is 19.4 Å². The van der Waals surface area contributed by atoms with Gasteiger partial charge in [-0.3, -0.25) is 14.6 Å². The molecule has 0 radical (unpaired) electrons. The summed E-state index contributed by atoms with van der Waals surface area (Å²) in [5.74, 6) is -1.49. The molecule has 13 heteroatoms. The van der Waals surface area contributed by atoms with Crippen LogP contribution in [0.3, 0.4) is 0 Å². The predicted molar refractivity (Wildman–Crippen MR) is 153 cm³/mol. The Kier molecular flexibility index (Phi) is 9.10. The van der Waals surface area contributed by atoms with Crippen molar-refractivity contribution in [3.8, 4) is 5.75 Å². The molecule has 2 saturated heterocycles. The van der Waals surface area contributed by atoms with E-state index in [4.69, 9.17) is 16.3 Å². The number of carbonyl (C=O) groups excluding carboxylic acids is 3. The topological polar surface area (TPSA) is 83.0 Å². The number of ether oxygens (including phenoxy) is 1. The van der Waals surface area contributed by atoms with Crippen molar-refractivity contribution in [2.75, 3.05) is 33.2 Å². The second-order valence-corrected chi connectivity index (χ2v) is 11.3. The molecule has 2 atom stereocenters. The largest absolute Gasteiger partial charge is 0.417 e. The molecule has 2 aliphatic rings. The van der Waals surface area contributed by atoms with Crippen LogP contribution in [0, 0.1) is 11.7 Å². The van der Waals surface area contributed by atoms with Crippen molar-refractivity contribution in [1.29, 1.82) is 0 Å². The fraction of sp³-hybridized carbons (Fsp3) is 0.355. The zero-order chi connectivity index (χ0) is 31.6. The van der Waals surface area contributed by atoms with Gasteiger partial charge in [0.2, 0.25) is 5.91 Å². The van der Waals surface area contributed by atoms with Crippen LogP contribution in [-0.4, -0.2) is 76.9 Å². The number of halogens is 5. The lowest BCUT2D eigenvalue weighted by Gasteiger charge is -2.33. The summed E-state index contributed by atoms with van der Waals surface area (Å²) in [6.45, 7) is 1.09. The lowest BCUT2D eigenvalue weighted by molar-refractivity contribution is -0.138. The van der Waals surface area contributed by atoms with Gasteiger partial charge in [-0.1, -0.05) is 23.7 Å². The maximum Gasteiger partial charge on any atom is 0.417 e. The molecule has 2 fully saturated rings. The van der Waals surface area contributed by atoms with Gasteiger partial charge >= 0.3 is 12.3 Å². The maximum atomic E-state index is 13.7. The van der Waals surface area contributed by atoms with E-state index in [0.717, 1.165) is 17.7 Å². The number of hydrogen-bond acceptors (Lipinski definition) is 5. The summed E-state index contributed by atoms with van der Waals surface area (Å²) in [6.07, 6.45) is -3.82. The van der Waals surface area contributed by atoms with Gasteiger partial charge in [-0.25, -0.2) is 9.18 Å². The molecular formula is C31H29ClF4N4O4. The van der Waals surface area contributed by atoms with Crippen molar-refractivity contribution >= 4 is 29.5 Å². The van der Waals surface area contributed by atoms with Crippen LogP contribution >= 0.6 is 11.6 Å². The van der Waals surface area contributed by atoms with Crippen LogP contribution in [0.25, 0.3) is 0 Å². The van der Waals surface area contributed by atoms with Crippen molar-refractivity contribution in [2.45, 2.75) is 31.0 Å². The number of nitrogens with zero attached hydrogens (tertiary/aromatic N) is 4. The Morgan fingerprint density at radius 1 is 0.932 bits per heavy atom. The molecule has 0 saturated carbocycles. The van der Waals surface area contributed by atoms with Crippen molar-refractivity contribution in [1.82, 2.24) is 19.7 Å². The number of carbonyl (C=O) groups is 3. The van der Waals surface area contributed by atoms with E-state index in [0.29, 0.717) is 30.6 Å². The summed E-state index contributed by atoms with van der Waals surface area (Å²) < 4.78 is 57.3. The number of pyridine rings is 1. The number of hydrogen-bond donors (Lipinski definition) is 0. The summed E-state index contributed by atoms with van der Waals surface area (Å²) in [5, 5.41) is 0.549. The number of benzene rings is 2. The van der Waals surface area contributed by atoms with Gasteiger partial charge in [0.05, 0.1) is 11.6 Å². The van der Waals surface area contributed by atoms with E-state index in [-0.39, 0.29) is 48.8 Å². The van der Waals surface area contributed by atoms with Crippen LogP contribution in [0.5, 0.6) is 5.75 Å². The molecule has 44 heavy (non-hydrogen) atoms. The van der Waals surface area contributed by atoms with E-state index in [9.17, 15) is 31.9 Å². The Labute approximate surface area is 256 Å². The number of amides is 3. The monoisotopic (exact) mass is 632 g/mol. The minimum atomic E-state index is -4.55. The van der Waals surface area contributed by atoms with Crippen LogP contribution in [0.1, 0.15) is 40.4 Å². The van der Waals surface area contributed by atoms with Crippen molar-refractivity contribution in [3.63, 3.8) is 0 Å². The molecule has 1 aromatic heterocycles.